The molecule has 1 aromatic heterocycles. The first-order chi connectivity index (χ1) is 9.66. The number of carbonyl (C=O) groups excluding carboxylic acids is 1. The van der Waals surface area contributed by atoms with Crippen molar-refractivity contribution in [1.82, 2.24) is 20.1 Å². The van der Waals surface area contributed by atoms with E-state index in [9.17, 15) is 4.79 Å². The minimum absolute atomic E-state index is 0.0625. The Bertz CT molecular complexity index is 582. The molecule has 7 heteroatoms. The van der Waals surface area contributed by atoms with E-state index in [0.717, 1.165) is 5.82 Å². The zero-order valence-electron chi connectivity index (χ0n) is 11.2. The van der Waals surface area contributed by atoms with Crippen molar-refractivity contribution < 1.29 is 9.53 Å². The molecule has 0 saturated carbocycles. The molecular weight excluding hydrogens is 258 g/mol. The molecule has 2 aromatic rings. The van der Waals surface area contributed by atoms with Crippen molar-refractivity contribution in [3.05, 3.63) is 36.4 Å². The summed E-state index contributed by atoms with van der Waals surface area (Å²) in [5.74, 6) is 1.13. The third kappa shape index (κ3) is 3.71. The predicted octanol–water partition coefficient (Wildman–Crippen LogP) is 0.135. The maximum atomic E-state index is 11.6. The molecule has 3 N–H and O–H groups in total. The number of hydrogen-bond acceptors (Lipinski definition) is 5. The molecule has 1 amide bonds. The topological polar surface area (TPSA) is 95.1 Å². The smallest absolute Gasteiger partial charge is 0.257 e. The Labute approximate surface area is 116 Å². The molecule has 1 heterocycles. The summed E-state index contributed by atoms with van der Waals surface area (Å²) < 4.78 is 7.15. The number of amides is 1. The largest absolute Gasteiger partial charge is 0.482 e. The highest BCUT2D eigenvalue weighted by Gasteiger charge is 2.05. The predicted molar refractivity (Wildman–Crippen MR) is 74.1 cm³/mol. The summed E-state index contributed by atoms with van der Waals surface area (Å²) in [6.45, 7) is 0.423. The van der Waals surface area contributed by atoms with Gasteiger partial charge in [-0.1, -0.05) is 12.1 Å². The fourth-order valence-corrected chi connectivity index (χ4v) is 1.65. The van der Waals surface area contributed by atoms with Gasteiger partial charge in [0.05, 0.1) is 5.69 Å². The van der Waals surface area contributed by atoms with E-state index in [2.05, 4.69) is 15.5 Å². The fourth-order valence-electron chi connectivity index (χ4n) is 1.65. The van der Waals surface area contributed by atoms with Crippen molar-refractivity contribution in [2.45, 2.75) is 6.42 Å². The van der Waals surface area contributed by atoms with Crippen LogP contribution in [-0.4, -0.2) is 33.8 Å². The van der Waals surface area contributed by atoms with Crippen LogP contribution in [0.15, 0.2) is 30.6 Å². The molecule has 0 unspecified atom stereocenters. The average molecular weight is 275 g/mol. The van der Waals surface area contributed by atoms with Gasteiger partial charge >= 0.3 is 0 Å². The number of benzene rings is 1. The molecule has 0 saturated heterocycles. The number of ether oxygens (including phenoxy) is 1. The maximum absolute atomic E-state index is 11.6. The van der Waals surface area contributed by atoms with Crippen LogP contribution in [0.5, 0.6) is 5.75 Å². The Kier molecular flexibility index (Phi) is 4.54. The zero-order chi connectivity index (χ0) is 14.4. The van der Waals surface area contributed by atoms with E-state index >= 15 is 0 Å². The Morgan fingerprint density at radius 3 is 2.95 bits per heavy atom. The molecule has 1 aromatic carbocycles. The summed E-state index contributed by atoms with van der Waals surface area (Å²) in [5.41, 5.74) is 6.23. The first kappa shape index (κ1) is 13.9. The third-order valence-corrected chi connectivity index (χ3v) is 2.75. The van der Waals surface area contributed by atoms with Gasteiger partial charge < -0.3 is 20.4 Å². The molecule has 0 radical (unpaired) electrons. The minimum atomic E-state index is -0.199. The Hall–Kier alpha value is -2.57. The van der Waals surface area contributed by atoms with Crippen LogP contribution >= 0.6 is 0 Å². The van der Waals surface area contributed by atoms with Gasteiger partial charge in [-0.05, 0) is 12.1 Å². The number of aromatic nitrogens is 3. The first-order valence-electron chi connectivity index (χ1n) is 6.23. The Morgan fingerprint density at radius 1 is 1.45 bits per heavy atom. The van der Waals surface area contributed by atoms with E-state index in [0.29, 0.717) is 24.4 Å². The van der Waals surface area contributed by atoms with E-state index in [1.54, 1.807) is 24.5 Å². The van der Waals surface area contributed by atoms with Gasteiger partial charge in [0.1, 0.15) is 17.9 Å². The number of nitrogen functional groups attached to an aromatic ring is 1. The van der Waals surface area contributed by atoms with Crippen molar-refractivity contribution in [3.8, 4) is 5.75 Å². The summed E-state index contributed by atoms with van der Waals surface area (Å²) in [6.07, 6.45) is 2.24. The fraction of sp³-hybridized carbons (Fsp3) is 0.308. The highest BCUT2D eigenvalue weighted by Crippen LogP contribution is 2.19. The summed E-state index contributed by atoms with van der Waals surface area (Å²) in [4.78, 5) is 11.6. The van der Waals surface area contributed by atoms with Gasteiger partial charge in [0.25, 0.3) is 5.91 Å². The quantitative estimate of drug-likeness (QED) is 0.731. The van der Waals surface area contributed by atoms with Crippen LogP contribution in [-0.2, 0) is 18.3 Å². The van der Waals surface area contributed by atoms with Crippen molar-refractivity contribution >= 4 is 11.6 Å². The number of aryl methyl sites for hydroxylation is 1. The van der Waals surface area contributed by atoms with Crippen molar-refractivity contribution in [1.29, 1.82) is 0 Å². The lowest BCUT2D eigenvalue weighted by Gasteiger charge is -2.08. The SMILES string of the molecule is Cn1cnnc1CCNC(=O)COc1ccccc1N. The first-order valence-corrected chi connectivity index (χ1v) is 6.23. The summed E-state index contributed by atoms with van der Waals surface area (Å²) in [6, 6.07) is 7.06. The summed E-state index contributed by atoms with van der Waals surface area (Å²) >= 11 is 0. The third-order valence-electron chi connectivity index (χ3n) is 2.75. The van der Waals surface area contributed by atoms with Crippen LogP contribution in [0, 0.1) is 0 Å². The van der Waals surface area contributed by atoms with Gasteiger partial charge in [-0.2, -0.15) is 0 Å². The Balaban J connectivity index is 1.71. The van der Waals surface area contributed by atoms with E-state index < -0.39 is 0 Å². The van der Waals surface area contributed by atoms with Crippen LogP contribution in [0.3, 0.4) is 0 Å². The molecule has 7 nitrogen and oxygen atoms in total. The molecule has 20 heavy (non-hydrogen) atoms. The van der Waals surface area contributed by atoms with Crippen molar-refractivity contribution in [2.75, 3.05) is 18.9 Å². The highest BCUT2D eigenvalue weighted by molar-refractivity contribution is 5.77. The number of anilines is 1. The number of para-hydroxylation sites is 2. The lowest BCUT2D eigenvalue weighted by atomic mass is 10.3. The second-order valence-corrected chi connectivity index (χ2v) is 4.28. The van der Waals surface area contributed by atoms with Gasteiger partial charge in [0, 0.05) is 20.0 Å². The number of nitrogens with zero attached hydrogens (tertiary/aromatic N) is 3. The molecule has 106 valence electrons. The molecule has 0 atom stereocenters. The molecule has 2 rings (SSSR count). The molecular formula is C13H17N5O2. The summed E-state index contributed by atoms with van der Waals surface area (Å²) in [7, 11) is 1.86. The lowest BCUT2D eigenvalue weighted by molar-refractivity contribution is -0.123. The molecule has 0 fully saturated rings. The van der Waals surface area contributed by atoms with E-state index in [-0.39, 0.29) is 12.5 Å². The van der Waals surface area contributed by atoms with E-state index in [1.165, 1.54) is 0 Å². The van der Waals surface area contributed by atoms with Crippen LogP contribution in [0.4, 0.5) is 5.69 Å². The standard InChI is InChI=1S/C13H17N5O2/c1-18-9-16-17-12(18)6-7-15-13(19)8-20-11-5-3-2-4-10(11)14/h2-5,9H,6-8,14H2,1H3,(H,15,19). The Morgan fingerprint density at radius 2 is 2.25 bits per heavy atom. The molecule has 0 aliphatic rings. The second-order valence-electron chi connectivity index (χ2n) is 4.28. The van der Waals surface area contributed by atoms with Gasteiger partial charge in [0.2, 0.25) is 0 Å². The number of rotatable bonds is 6. The maximum Gasteiger partial charge on any atom is 0.257 e. The van der Waals surface area contributed by atoms with Crippen LogP contribution in [0.25, 0.3) is 0 Å². The van der Waals surface area contributed by atoms with Gasteiger partial charge in [-0.3, -0.25) is 4.79 Å². The number of carbonyl (C=O) groups is 1. The average Bonchev–Trinajstić information content (AvgIpc) is 2.84. The zero-order valence-corrected chi connectivity index (χ0v) is 11.2. The minimum Gasteiger partial charge on any atom is -0.482 e. The number of nitrogens with one attached hydrogen (secondary N) is 1. The van der Waals surface area contributed by atoms with Gasteiger partial charge in [-0.25, -0.2) is 0 Å². The van der Waals surface area contributed by atoms with Crippen molar-refractivity contribution in [2.24, 2.45) is 7.05 Å². The molecule has 0 aliphatic carbocycles. The second kappa shape index (κ2) is 6.55. The number of nitrogens with two attached hydrogens (primary N) is 1. The molecule has 0 bridgehead atoms. The molecule has 0 spiro atoms. The van der Waals surface area contributed by atoms with Crippen LogP contribution < -0.4 is 15.8 Å². The lowest BCUT2D eigenvalue weighted by Crippen LogP contribution is -2.31. The van der Waals surface area contributed by atoms with Crippen molar-refractivity contribution in [3.63, 3.8) is 0 Å². The van der Waals surface area contributed by atoms with Crippen LogP contribution in [0.1, 0.15) is 5.82 Å². The monoisotopic (exact) mass is 275 g/mol. The van der Waals surface area contributed by atoms with E-state index in [1.807, 2.05) is 17.7 Å². The van der Waals surface area contributed by atoms with Gasteiger partial charge in [0.15, 0.2) is 6.61 Å². The normalized spacial score (nSPS) is 10.2. The molecule has 0 aliphatic heterocycles. The van der Waals surface area contributed by atoms with Gasteiger partial charge in [-0.15, -0.1) is 10.2 Å². The van der Waals surface area contributed by atoms with E-state index in [4.69, 9.17) is 10.5 Å². The van der Waals surface area contributed by atoms with Crippen LogP contribution in [0.2, 0.25) is 0 Å². The summed E-state index contributed by atoms with van der Waals surface area (Å²) in [5, 5.41) is 10.5. The highest BCUT2D eigenvalue weighted by atomic mass is 16.5. The number of hydrogen-bond donors (Lipinski definition) is 2.